The summed E-state index contributed by atoms with van der Waals surface area (Å²) in [6.07, 6.45) is 4.15. The minimum Gasteiger partial charge on any atom is -0.389 e. The lowest BCUT2D eigenvalue weighted by atomic mass is 10.0. The molecule has 0 spiro atoms. The van der Waals surface area contributed by atoms with Crippen molar-refractivity contribution in [1.29, 1.82) is 0 Å². The van der Waals surface area contributed by atoms with Crippen LogP contribution in [0.5, 0.6) is 0 Å². The summed E-state index contributed by atoms with van der Waals surface area (Å²) in [5, 5.41) is 1.77. The summed E-state index contributed by atoms with van der Waals surface area (Å²) in [7, 11) is 2.06. The van der Waals surface area contributed by atoms with Crippen molar-refractivity contribution in [3.05, 3.63) is 6.20 Å². The molecule has 2 heterocycles. The first-order valence-electron chi connectivity index (χ1n) is 5.26. The molecular formula is C10H17N3OS. The number of aromatic nitrogens is 1. The number of nitrogens with zero attached hydrogens (tertiary/aromatic N) is 2. The minimum atomic E-state index is 0.633. The molecule has 15 heavy (non-hydrogen) atoms. The molecule has 0 saturated carbocycles. The largest absolute Gasteiger partial charge is 0.389 e. The molecule has 0 amide bonds. The van der Waals surface area contributed by atoms with Crippen molar-refractivity contribution in [3.63, 3.8) is 0 Å². The third-order valence-electron chi connectivity index (χ3n) is 2.62. The summed E-state index contributed by atoms with van der Waals surface area (Å²) < 4.78 is 5.46. The van der Waals surface area contributed by atoms with Gasteiger partial charge in [-0.1, -0.05) is 11.3 Å². The van der Waals surface area contributed by atoms with Gasteiger partial charge < -0.3 is 15.4 Å². The van der Waals surface area contributed by atoms with Gasteiger partial charge in [0.1, 0.15) is 5.00 Å². The van der Waals surface area contributed by atoms with Gasteiger partial charge >= 0.3 is 0 Å². The second kappa shape index (κ2) is 4.81. The van der Waals surface area contributed by atoms with Gasteiger partial charge in [-0.05, 0) is 18.8 Å². The van der Waals surface area contributed by atoms with E-state index < -0.39 is 0 Å². The van der Waals surface area contributed by atoms with Crippen LogP contribution in [0, 0.1) is 5.92 Å². The van der Waals surface area contributed by atoms with E-state index in [0.717, 1.165) is 29.9 Å². The van der Waals surface area contributed by atoms with Gasteiger partial charge in [-0.2, -0.15) is 0 Å². The lowest BCUT2D eigenvalue weighted by Gasteiger charge is -2.26. The highest BCUT2D eigenvalue weighted by Crippen LogP contribution is 2.24. The highest BCUT2D eigenvalue weighted by Gasteiger charge is 2.17. The van der Waals surface area contributed by atoms with Crippen molar-refractivity contribution in [3.8, 4) is 0 Å². The Morgan fingerprint density at radius 1 is 1.73 bits per heavy atom. The normalized spacial score (nSPS) is 21.5. The van der Waals surface area contributed by atoms with Crippen LogP contribution in [0.25, 0.3) is 0 Å². The first-order chi connectivity index (χ1) is 7.25. The molecule has 0 aromatic carbocycles. The highest BCUT2D eigenvalue weighted by molar-refractivity contribution is 7.19. The summed E-state index contributed by atoms with van der Waals surface area (Å²) in [5.74, 6) is 0.633. The van der Waals surface area contributed by atoms with E-state index in [1.165, 1.54) is 24.2 Å². The second-order valence-corrected chi connectivity index (χ2v) is 5.05. The Kier molecular flexibility index (Phi) is 3.43. The molecule has 1 atom stereocenters. The third-order valence-corrected chi connectivity index (χ3v) is 3.57. The van der Waals surface area contributed by atoms with Gasteiger partial charge in [0.05, 0.1) is 12.8 Å². The quantitative estimate of drug-likeness (QED) is 0.852. The third kappa shape index (κ3) is 2.82. The molecule has 2 rings (SSSR count). The van der Waals surface area contributed by atoms with E-state index in [9.17, 15) is 0 Å². The maximum absolute atomic E-state index is 5.65. The number of anilines is 2. The van der Waals surface area contributed by atoms with E-state index in [1.54, 1.807) is 6.20 Å². The maximum atomic E-state index is 5.65. The van der Waals surface area contributed by atoms with E-state index in [1.807, 2.05) is 0 Å². The monoisotopic (exact) mass is 227 g/mol. The molecule has 0 bridgehead atoms. The zero-order valence-electron chi connectivity index (χ0n) is 8.98. The van der Waals surface area contributed by atoms with Crippen molar-refractivity contribution < 1.29 is 4.74 Å². The van der Waals surface area contributed by atoms with Gasteiger partial charge in [-0.15, -0.1) is 0 Å². The van der Waals surface area contributed by atoms with Crippen LogP contribution in [0.4, 0.5) is 10.1 Å². The summed E-state index contributed by atoms with van der Waals surface area (Å²) in [4.78, 5) is 6.43. The number of nitrogen functional groups attached to an aromatic ring is 1. The Bertz CT molecular complexity index is 309. The molecule has 1 saturated heterocycles. The summed E-state index contributed by atoms with van der Waals surface area (Å²) in [6.45, 7) is 2.81. The molecule has 2 N–H and O–H groups in total. The number of hydrogen-bond acceptors (Lipinski definition) is 5. The van der Waals surface area contributed by atoms with E-state index >= 15 is 0 Å². The molecule has 1 aromatic rings. The zero-order chi connectivity index (χ0) is 10.7. The van der Waals surface area contributed by atoms with E-state index in [4.69, 9.17) is 10.5 Å². The van der Waals surface area contributed by atoms with Gasteiger partial charge in [0.25, 0.3) is 0 Å². The fourth-order valence-corrected chi connectivity index (χ4v) is 2.52. The van der Waals surface area contributed by atoms with Crippen LogP contribution in [0.2, 0.25) is 0 Å². The molecule has 1 aromatic heterocycles. The molecule has 0 aliphatic carbocycles. The van der Waals surface area contributed by atoms with Crippen LogP contribution in [0.1, 0.15) is 12.8 Å². The molecule has 1 aliphatic heterocycles. The molecule has 5 heteroatoms. The molecule has 1 fully saturated rings. The van der Waals surface area contributed by atoms with E-state index in [-0.39, 0.29) is 0 Å². The SMILES string of the molecule is CN(CC1CCCOC1)c1ncc(N)s1. The van der Waals surface area contributed by atoms with Crippen molar-refractivity contribution >= 4 is 21.5 Å². The van der Waals surface area contributed by atoms with Gasteiger partial charge in [-0.25, -0.2) is 4.98 Å². The van der Waals surface area contributed by atoms with Crippen LogP contribution < -0.4 is 10.6 Å². The van der Waals surface area contributed by atoms with Crippen molar-refractivity contribution in [2.75, 3.05) is 37.4 Å². The van der Waals surface area contributed by atoms with Gasteiger partial charge in [0, 0.05) is 20.2 Å². The molecule has 84 valence electrons. The lowest BCUT2D eigenvalue weighted by Crippen LogP contribution is -2.30. The Hall–Kier alpha value is -0.810. The van der Waals surface area contributed by atoms with Gasteiger partial charge in [0.2, 0.25) is 0 Å². The van der Waals surface area contributed by atoms with Gasteiger partial charge in [-0.3, -0.25) is 0 Å². The fraction of sp³-hybridized carbons (Fsp3) is 0.700. The number of rotatable bonds is 3. The minimum absolute atomic E-state index is 0.633. The Morgan fingerprint density at radius 2 is 2.60 bits per heavy atom. The van der Waals surface area contributed by atoms with Crippen molar-refractivity contribution in [1.82, 2.24) is 4.98 Å². The van der Waals surface area contributed by atoms with Gasteiger partial charge in [0.15, 0.2) is 5.13 Å². The highest BCUT2D eigenvalue weighted by atomic mass is 32.1. The summed E-state index contributed by atoms with van der Waals surface area (Å²) >= 11 is 1.54. The predicted octanol–water partition coefficient (Wildman–Crippen LogP) is 1.59. The number of nitrogens with two attached hydrogens (primary N) is 1. The zero-order valence-corrected chi connectivity index (χ0v) is 9.80. The standard InChI is InChI=1S/C10H17N3OS/c1-13(10-12-5-9(11)15-10)6-8-3-2-4-14-7-8/h5,8H,2-4,6-7,11H2,1H3. The summed E-state index contributed by atoms with van der Waals surface area (Å²) in [5.41, 5.74) is 5.65. The van der Waals surface area contributed by atoms with Crippen LogP contribution >= 0.6 is 11.3 Å². The first-order valence-corrected chi connectivity index (χ1v) is 6.07. The number of hydrogen-bond donors (Lipinski definition) is 1. The van der Waals surface area contributed by atoms with E-state index in [2.05, 4.69) is 16.9 Å². The molecule has 4 nitrogen and oxygen atoms in total. The fourth-order valence-electron chi connectivity index (χ4n) is 1.87. The Morgan fingerprint density at radius 3 is 3.20 bits per heavy atom. The average Bonchev–Trinajstić information content (AvgIpc) is 2.66. The van der Waals surface area contributed by atoms with Crippen molar-refractivity contribution in [2.45, 2.75) is 12.8 Å². The molecule has 1 unspecified atom stereocenters. The molecule has 0 radical (unpaired) electrons. The maximum Gasteiger partial charge on any atom is 0.186 e. The van der Waals surface area contributed by atoms with Crippen LogP contribution in [0.15, 0.2) is 6.20 Å². The smallest absolute Gasteiger partial charge is 0.186 e. The van der Waals surface area contributed by atoms with Crippen LogP contribution in [-0.4, -0.2) is 31.8 Å². The lowest BCUT2D eigenvalue weighted by molar-refractivity contribution is 0.0576. The predicted molar refractivity (Wildman–Crippen MR) is 63.3 cm³/mol. The summed E-state index contributed by atoms with van der Waals surface area (Å²) in [6, 6.07) is 0. The van der Waals surface area contributed by atoms with E-state index in [0.29, 0.717) is 5.92 Å². The first kappa shape index (κ1) is 10.7. The van der Waals surface area contributed by atoms with Crippen LogP contribution in [0.3, 0.4) is 0 Å². The van der Waals surface area contributed by atoms with Crippen molar-refractivity contribution in [2.24, 2.45) is 5.92 Å². The average molecular weight is 227 g/mol. The van der Waals surface area contributed by atoms with Crippen LogP contribution in [-0.2, 0) is 4.74 Å². The second-order valence-electron chi connectivity index (χ2n) is 4.01. The number of ether oxygens (including phenoxy) is 1. The molecule has 1 aliphatic rings. The Labute approximate surface area is 94.1 Å². The number of thiazole rings is 1. The topological polar surface area (TPSA) is 51.4 Å². The Balaban J connectivity index is 1.88. The molecular weight excluding hydrogens is 210 g/mol.